The van der Waals surface area contributed by atoms with Gasteiger partial charge in [-0.2, -0.15) is 0 Å². The predicted molar refractivity (Wildman–Crippen MR) is 79.0 cm³/mol. The number of fused-ring (bicyclic) bond motifs is 1. The minimum absolute atomic E-state index is 0.176. The molecule has 0 radical (unpaired) electrons. The lowest BCUT2D eigenvalue weighted by Gasteiger charge is -2.31. The summed E-state index contributed by atoms with van der Waals surface area (Å²) in [4.78, 5) is 0. The number of ether oxygens (including phenoxy) is 2. The van der Waals surface area contributed by atoms with Gasteiger partial charge in [-0.15, -0.1) is 0 Å². The second-order valence-electron chi connectivity index (χ2n) is 5.38. The van der Waals surface area contributed by atoms with Crippen molar-refractivity contribution in [2.45, 2.75) is 25.5 Å². The van der Waals surface area contributed by atoms with Crippen molar-refractivity contribution in [1.29, 1.82) is 0 Å². The van der Waals surface area contributed by atoms with Crippen molar-refractivity contribution < 1.29 is 13.9 Å². The Morgan fingerprint density at radius 3 is 2.76 bits per heavy atom. The van der Waals surface area contributed by atoms with Crippen molar-refractivity contribution in [2.75, 3.05) is 7.11 Å². The van der Waals surface area contributed by atoms with E-state index < -0.39 is 0 Å². The third-order valence-corrected chi connectivity index (χ3v) is 3.86. The third kappa shape index (κ3) is 2.59. The van der Waals surface area contributed by atoms with Gasteiger partial charge >= 0.3 is 0 Å². The van der Waals surface area contributed by atoms with Crippen LogP contribution in [0.2, 0.25) is 0 Å². The molecule has 110 valence electrons. The third-order valence-electron chi connectivity index (χ3n) is 3.86. The minimum atomic E-state index is -0.375. The van der Waals surface area contributed by atoms with Crippen molar-refractivity contribution in [3.63, 3.8) is 0 Å². The Morgan fingerprint density at radius 2 is 2.00 bits per heavy atom. The fourth-order valence-electron chi connectivity index (χ4n) is 2.71. The SMILES string of the molecule is COc1ccc2c(c1)OC(c1cc(C)ccc1F)C[C@@H]2N. The maximum atomic E-state index is 14.1. The zero-order chi connectivity index (χ0) is 15.0. The summed E-state index contributed by atoms with van der Waals surface area (Å²) >= 11 is 0. The second kappa shape index (κ2) is 5.37. The second-order valence-corrected chi connectivity index (χ2v) is 5.38. The van der Waals surface area contributed by atoms with Gasteiger partial charge < -0.3 is 15.2 Å². The Morgan fingerprint density at radius 1 is 1.19 bits per heavy atom. The van der Waals surface area contributed by atoms with Gasteiger partial charge in [0.2, 0.25) is 0 Å². The van der Waals surface area contributed by atoms with Crippen molar-refractivity contribution >= 4 is 0 Å². The van der Waals surface area contributed by atoms with Crippen molar-refractivity contribution in [3.05, 3.63) is 58.9 Å². The Kier molecular flexibility index (Phi) is 3.55. The number of methoxy groups -OCH3 is 1. The zero-order valence-corrected chi connectivity index (χ0v) is 12.1. The van der Waals surface area contributed by atoms with E-state index >= 15 is 0 Å². The molecule has 21 heavy (non-hydrogen) atoms. The molecule has 1 heterocycles. The van der Waals surface area contributed by atoms with Gasteiger partial charge in [0.25, 0.3) is 0 Å². The molecule has 1 aliphatic rings. The summed E-state index contributed by atoms with van der Waals surface area (Å²) in [6.45, 7) is 1.93. The van der Waals surface area contributed by atoms with Crippen LogP contribution in [0.15, 0.2) is 36.4 Å². The van der Waals surface area contributed by atoms with Crippen LogP contribution < -0.4 is 15.2 Å². The molecule has 2 aromatic carbocycles. The van der Waals surface area contributed by atoms with Crippen molar-refractivity contribution in [2.24, 2.45) is 5.73 Å². The Labute approximate surface area is 123 Å². The summed E-state index contributed by atoms with van der Waals surface area (Å²) in [6, 6.07) is 10.4. The Bertz CT molecular complexity index is 672. The van der Waals surface area contributed by atoms with Crippen LogP contribution in [-0.4, -0.2) is 7.11 Å². The molecule has 0 bridgehead atoms. The van der Waals surface area contributed by atoms with Crippen LogP contribution in [-0.2, 0) is 0 Å². The molecule has 4 heteroatoms. The molecule has 3 rings (SSSR count). The number of hydrogen-bond acceptors (Lipinski definition) is 3. The van der Waals surface area contributed by atoms with Crippen LogP contribution in [0.1, 0.15) is 35.3 Å². The van der Waals surface area contributed by atoms with E-state index in [4.69, 9.17) is 15.2 Å². The normalized spacial score (nSPS) is 20.6. The van der Waals surface area contributed by atoms with E-state index in [-0.39, 0.29) is 18.0 Å². The smallest absolute Gasteiger partial charge is 0.130 e. The molecule has 0 amide bonds. The minimum Gasteiger partial charge on any atom is -0.497 e. The highest BCUT2D eigenvalue weighted by molar-refractivity contribution is 5.44. The summed E-state index contributed by atoms with van der Waals surface area (Å²) in [7, 11) is 1.60. The molecule has 0 spiro atoms. The Balaban J connectivity index is 1.98. The molecule has 2 atom stereocenters. The molecule has 1 unspecified atom stereocenters. The number of rotatable bonds is 2. The van der Waals surface area contributed by atoms with E-state index in [9.17, 15) is 4.39 Å². The van der Waals surface area contributed by atoms with Crippen LogP contribution in [0.4, 0.5) is 4.39 Å². The summed E-state index contributed by atoms with van der Waals surface area (Å²) in [5, 5.41) is 0. The van der Waals surface area contributed by atoms with E-state index in [1.165, 1.54) is 6.07 Å². The lowest BCUT2D eigenvalue weighted by Crippen LogP contribution is -2.24. The highest BCUT2D eigenvalue weighted by atomic mass is 19.1. The van der Waals surface area contributed by atoms with Gasteiger partial charge in [-0.05, 0) is 25.1 Å². The van der Waals surface area contributed by atoms with E-state index in [1.807, 2.05) is 25.1 Å². The number of halogens is 1. The number of benzene rings is 2. The molecule has 3 nitrogen and oxygen atoms in total. The molecular formula is C17H18FNO2. The van der Waals surface area contributed by atoms with Crippen LogP contribution in [0.5, 0.6) is 11.5 Å². The first-order valence-corrected chi connectivity index (χ1v) is 6.94. The topological polar surface area (TPSA) is 44.5 Å². The summed E-state index contributed by atoms with van der Waals surface area (Å²) in [5.41, 5.74) is 8.70. The van der Waals surface area contributed by atoms with Crippen molar-refractivity contribution in [3.8, 4) is 11.5 Å². The molecule has 0 aromatic heterocycles. The van der Waals surface area contributed by atoms with Crippen LogP contribution in [0.25, 0.3) is 0 Å². The summed E-state index contributed by atoms with van der Waals surface area (Å²) in [6.07, 6.45) is 0.180. The van der Waals surface area contributed by atoms with Gasteiger partial charge in [0.05, 0.1) is 7.11 Å². The molecular weight excluding hydrogens is 269 g/mol. The monoisotopic (exact) mass is 287 g/mol. The van der Waals surface area contributed by atoms with Gasteiger partial charge in [-0.3, -0.25) is 0 Å². The molecule has 0 fully saturated rings. The average Bonchev–Trinajstić information content (AvgIpc) is 2.49. The molecule has 0 saturated heterocycles. The zero-order valence-electron chi connectivity index (χ0n) is 12.1. The fraction of sp³-hybridized carbons (Fsp3) is 0.294. The number of hydrogen-bond donors (Lipinski definition) is 1. The first-order valence-electron chi connectivity index (χ1n) is 6.94. The highest BCUT2D eigenvalue weighted by Gasteiger charge is 2.29. The fourth-order valence-corrected chi connectivity index (χ4v) is 2.71. The Hall–Kier alpha value is -2.07. The lowest BCUT2D eigenvalue weighted by molar-refractivity contribution is 0.156. The maximum Gasteiger partial charge on any atom is 0.130 e. The standard InChI is InChI=1S/C17H18FNO2/c1-10-3-6-14(18)13(7-10)17-9-15(19)12-5-4-11(20-2)8-16(12)21-17/h3-8,15,17H,9,19H2,1-2H3/t15-,17?/m0/s1. The van der Waals surface area contributed by atoms with Crippen LogP contribution >= 0.6 is 0 Å². The number of nitrogens with two attached hydrogens (primary N) is 1. The predicted octanol–water partition coefficient (Wildman–Crippen LogP) is 3.67. The quantitative estimate of drug-likeness (QED) is 0.916. The summed E-state index contributed by atoms with van der Waals surface area (Å²) < 4.78 is 25.2. The van der Waals surface area contributed by atoms with E-state index in [0.717, 1.165) is 11.1 Å². The summed E-state index contributed by atoms with van der Waals surface area (Å²) in [5.74, 6) is 1.11. The first-order chi connectivity index (χ1) is 10.1. The molecule has 2 aromatic rings. The largest absolute Gasteiger partial charge is 0.497 e. The van der Waals surface area contributed by atoms with Gasteiger partial charge in [0.15, 0.2) is 0 Å². The van der Waals surface area contributed by atoms with Crippen LogP contribution in [0, 0.1) is 12.7 Å². The molecule has 0 aliphatic carbocycles. The molecule has 2 N–H and O–H groups in total. The lowest BCUT2D eigenvalue weighted by atomic mass is 9.92. The first kappa shape index (κ1) is 13.9. The van der Waals surface area contributed by atoms with E-state index in [2.05, 4.69) is 0 Å². The average molecular weight is 287 g/mol. The molecule has 1 aliphatic heterocycles. The van der Waals surface area contributed by atoms with Gasteiger partial charge in [-0.25, -0.2) is 4.39 Å². The molecule has 0 saturated carbocycles. The maximum absolute atomic E-state index is 14.1. The van der Waals surface area contributed by atoms with Gasteiger partial charge in [-0.1, -0.05) is 17.7 Å². The van der Waals surface area contributed by atoms with Gasteiger partial charge in [0, 0.05) is 29.7 Å². The van der Waals surface area contributed by atoms with E-state index in [0.29, 0.717) is 23.5 Å². The number of aryl methyl sites for hydroxylation is 1. The van der Waals surface area contributed by atoms with Crippen molar-refractivity contribution in [1.82, 2.24) is 0 Å². The van der Waals surface area contributed by atoms with Crippen LogP contribution in [0.3, 0.4) is 0 Å². The van der Waals surface area contributed by atoms with E-state index in [1.54, 1.807) is 19.2 Å². The highest BCUT2D eigenvalue weighted by Crippen LogP contribution is 2.41. The van der Waals surface area contributed by atoms with Gasteiger partial charge in [0.1, 0.15) is 23.4 Å².